The first kappa shape index (κ1) is 11.2. The van der Waals surface area contributed by atoms with Gasteiger partial charge in [0, 0.05) is 31.5 Å². The standard InChI is InChI=1S/C12H15N5O/c13-3-5-16(9-1-2-9)12(18)10-7-15-17-6-4-14-8-11(10)17/h4,6-9H,1-3,5,13H2. The Bertz CT molecular complexity index is 575. The number of nitrogens with two attached hydrogens (primary N) is 1. The first-order valence-corrected chi connectivity index (χ1v) is 6.09. The average molecular weight is 245 g/mol. The molecule has 2 heterocycles. The monoisotopic (exact) mass is 245 g/mol. The molecule has 0 aliphatic heterocycles. The van der Waals surface area contributed by atoms with E-state index in [1.54, 1.807) is 29.3 Å². The zero-order valence-corrected chi connectivity index (χ0v) is 9.99. The highest BCUT2D eigenvalue weighted by molar-refractivity contribution is 6.00. The van der Waals surface area contributed by atoms with Crippen LogP contribution in [0.25, 0.3) is 5.52 Å². The van der Waals surface area contributed by atoms with Crippen LogP contribution in [0.3, 0.4) is 0 Å². The van der Waals surface area contributed by atoms with Crippen LogP contribution in [0.2, 0.25) is 0 Å². The van der Waals surface area contributed by atoms with Crippen molar-refractivity contribution >= 4 is 11.4 Å². The molecule has 0 atom stereocenters. The summed E-state index contributed by atoms with van der Waals surface area (Å²) in [5.41, 5.74) is 6.91. The van der Waals surface area contributed by atoms with Gasteiger partial charge in [-0.15, -0.1) is 0 Å². The molecule has 6 heteroatoms. The molecule has 2 N–H and O–H groups in total. The minimum atomic E-state index is 0.00551. The molecule has 18 heavy (non-hydrogen) atoms. The molecule has 1 saturated carbocycles. The van der Waals surface area contributed by atoms with Crippen molar-refractivity contribution < 1.29 is 4.79 Å². The van der Waals surface area contributed by atoms with Gasteiger partial charge in [0.15, 0.2) is 0 Å². The highest BCUT2D eigenvalue weighted by Gasteiger charge is 2.33. The Morgan fingerprint density at radius 2 is 2.33 bits per heavy atom. The molecule has 6 nitrogen and oxygen atoms in total. The average Bonchev–Trinajstić information content (AvgIpc) is 3.14. The lowest BCUT2D eigenvalue weighted by atomic mass is 10.2. The molecule has 0 aromatic carbocycles. The maximum absolute atomic E-state index is 12.5. The van der Waals surface area contributed by atoms with Crippen molar-refractivity contribution in [2.24, 2.45) is 5.73 Å². The van der Waals surface area contributed by atoms with Gasteiger partial charge >= 0.3 is 0 Å². The van der Waals surface area contributed by atoms with Crippen LogP contribution < -0.4 is 5.73 Å². The van der Waals surface area contributed by atoms with Crippen LogP contribution in [0.4, 0.5) is 0 Å². The quantitative estimate of drug-likeness (QED) is 0.840. The zero-order chi connectivity index (χ0) is 12.5. The Kier molecular flexibility index (Phi) is 2.71. The molecule has 2 aromatic rings. The Labute approximate surface area is 104 Å². The van der Waals surface area contributed by atoms with Crippen molar-refractivity contribution in [2.45, 2.75) is 18.9 Å². The molecule has 1 fully saturated rings. The molecule has 0 unspecified atom stereocenters. The first-order valence-electron chi connectivity index (χ1n) is 6.09. The lowest BCUT2D eigenvalue weighted by Gasteiger charge is -2.20. The van der Waals surface area contributed by atoms with Crippen LogP contribution >= 0.6 is 0 Å². The van der Waals surface area contributed by atoms with Crippen molar-refractivity contribution in [1.29, 1.82) is 0 Å². The number of carbonyl (C=O) groups excluding carboxylic acids is 1. The molecule has 3 rings (SSSR count). The summed E-state index contributed by atoms with van der Waals surface area (Å²) in [4.78, 5) is 18.4. The number of fused-ring (bicyclic) bond motifs is 1. The van der Waals surface area contributed by atoms with Gasteiger partial charge in [0.25, 0.3) is 5.91 Å². The van der Waals surface area contributed by atoms with E-state index in [-0.39, 0.29) is 5.91 Å². The van der Waals surface area contributed by atoms with E-state index in [1.165, 1.54) is 0 Å². The maximum atomic E-state index is 12.5. The van der Waals surface area contributed by atoms with Gasteiger partial charge in [-0.2, -0.15) is 5.10 Å². The van der Waals surface area contributed by atoms with Gasteiger partial charge in [0.1, 0.15) is 0 Å². The fourth-order valence-electron chi connectivity index (χ4n) is 2.13. The van der Waals surface area contributed by atoms with Gasteiger partial charge < -0.3 is 10.6 Å². The summed E-state index contributed by atoms with van der Waals surface area (Å²) >= 11 is 0. The van der Waals surface area contributed by atoms with Crippen LogP contribution in [0.15, 0.2) is 24.8 Å². The molecule has 0 spiro atoms. The third-order valence-electron chi connectivity index (χ3n) is 3.17. The number of aromatic nitrogens is 3. The highest BCUT2D eigenvalue weighted by atomic mass is 16.2. The smallest absolute Gasteiger partial charge is 0.258 e. The molecule has 2 aromatic heterocycles. The van der Waals surface area contributed by atoms with Crippen molar-refractivity contribution in [3.63, 3.8) is 0 Å². The van der Waals surface area contributed by atoms with E-state index in [2.05, 4.69) is 10.1 Å². The Balaban J connectivity index is 1.95. The second-order valence-electron chi connectivity index (χ2n) is 4.48. The molecular weight excluding hydrogens is 230 g/mol. The molecule has 1 aliphatic rings. The summed E-state index contributed by atoms with van der Waals surface area (Å²) in [5.74, 6) is 0.00551. The van der Waals surface area contributed by atoms with Crippen LogP contribution in [0.5, 0.6) is 0 Å². The van der Waals surface area contributed by atoms with Crippen LogP contribution in [0, 0.1) is 0 Å². The fraction of sp³-hybridized carbons (Fsp3) is 0.417. The lowest BCUT2D eigenvalue weighted by molar-refractivity contribution is 0.0750. The van der Waals surface area contributed by atoms with Gasteiger partial charge in [-0.25, -0.2) is 4.52 Å². The number of hydrogen-bond acceptors (Lipinski definition) is 4. The summed E-state index contributed by atoms with van der Waals surface area (Å²) in [6.07, 6.45) is 8.79. The van der Waals surface area contributed by atoms with Crippen molar-refractivity contribution in [3.8, 4) is 0 Å². The van der Waals surface area contributed by atoms with E-state index in [9.17, 15) is 4.79 Å². The van der Waals surface area contributed by atoms with Crippen molar-refractivity contribution in [1.82, 2.24) is 19.5 Å². The molecule has 1 amide bonds. The Morgan fingerprint density at radius 3 is 3.06 bits per heavy atom. The normalized spacial score (nSPS) is 14.9. The van der Waals surface area contributed by atoms with E-state index in [0.717, 1.165) is 18.4 Å². The number of rotatable bonds is 4. The van der Waals surface area contributed by atoms with Gasteiger partial charge in [-0.05, 0) is 12.8 Å². The lowest BCUT2D eigenvalue weighted by Crippen LogP contribution is -2.37. The molecule has 94 valence electrons. The largest absolute Gasteiger partial charge is 0.334 e. The second-order valence-corrected chi connectivity index (χ2v) is 4.48. The molecule has 0 saturated heterocycles. The maximum Gasteiger partial charge on any atom is 0.258 e. The second kappa shape index (κ2) is 4.38. The van der Waals surface area contributed by atoms with Crippen molar-refractivity contribution in [3.05, 3.63) is 30.4 Å². The van der Waals surface area contributed by atoms with Crippen LogP contribution in [-0.4, -0.2) is 44.5 Å². The topological polar surface area (TPSA) is 76.5 Å². The number of carbonyl (C=O) groups is 1. The predicted molar refractivity (Wildman–Crippen MR) is 66.1 cm³/mol. The van der Waals surface area contributed by atoms with Gasteiger partial charge in [0.05, 0.1) is 23.5 Å². The minimum absolute atomic E-state index is 0.00551. The SMILES string of the molecule is NCCN(C(=O)c1cnn2ccncc12)C1CC1. The van der Waals surface area contributed by atoms with E-state index < -0.39 is 0 Å². The Morgan fingerprint density at radius 1 is 1.50 bits per heavy atom. The molecule has 0 bridgehead atoms. The molecule has 1 aliphatic carbocycles. The van der Waals surface area contributed by atoms with Crippen LogP contribution in [0.1, 0.15) is 23.2 Å². The molecule has 0 radical (unpaired) electrons. The zero-order valence-electron chi connectivity index (χ0n) is 9.99. The number of nitrogens with zero attached hydrogens (tertiary/aromatic N) is 4. The highest BCUT2D eigenvalue weighted by Crippen LogP contribution is 2.28. The van der Waals surface area contributed by atoms with Gasteiger partial charge in [-0.1, -0.05) is 0 Å². The van der Waals surface area contributed by atoms with Crippen LogP contribution in [-0.2, 0) is 0 Å². The van der Waals surface area contributed by atoms with E-state index in [1.807, 2.05) is 4.90 Å². The van der Waals surface area contributed by atoms with Gasteiger partial charge in [-0.3, -0.25) is 9.78 Å². The number of hydrogen-bond donors (Lipinski definition) is 1. The summed E-state index contributed by atoms with van der Waals surface area (Å²) in [5, 5.41) is 4.16. The predicted octanol–water partition coefficient (Wildman–Crippen LogP) is 0.293. The molecular formula is C12H15N5O. The summed E-state index contributed by atoms with van der Waals surface area (Å²) in [6, 6.07) is 0.354. The first-order chi connectivity index (χ1) is 8.81. The number of amides is 1. The van der Waals surface area contributed by atoms with Crippen molar-refractivity contribution in [2.75, 3.05) is 13.1 Å². The summed E-state index contributed by atoms with van der Waals surface area (Å²) in [6.45, 7) is 1.08. The third kappa shape index (κ3) is 1.84. The van der Waals surface area contributed by atoms with E-state index in [0.29, 0.717) is 24.7 Å². The van der Waals surface area contributed by atoms with E-state index in [4.69, 9.17) is 5.73 Å². The fourth-order valence-corrected chi connectivity index (χ4v) is 2.13. The minimum Gasteiger partial charge on any atom is -0.334 e. The third-order valence-corrected chi connectivity index (χ3v) is 3.17. The summed E-state index contributed by atoms with van der Waals surface area (Å²) < 4.78 is 1.66. The summed E-state index contributed by atoms with van der Waals surface area (Å²) in [7, 11) is 0. The van der Waals surface area contributed by atoms with Gasteiger partial charge in [0.2, 0.25) is 0 Å². The Hall–Kier alpha value is -1.95. The van der Waals surface area contributed by atoms with E-state index >= 15 is 0 Å².